The van der Waals surface area contributed by atoms with Crippen molar-refractivity contribution in [2.75, 3.05) is 6.61 Å². The molecule has 1 atom stereocenters. The maximum atomic E-state index is 5.65. The summed E-state index contributed by atoms with van der Waals surface area (Å²) in [7, 11) is 0. The first-order valence-electron chi connectivity index (χ1n) is 4.87. The SMILES string of the molecule is ClCc1nnc(CCC2CCCO2)s1. The van der Waals surface area contributed by atoms with Gasteiger partial charge in [-0.05, 0) is 19.3 Å². The van der Waals surface area contributed by atoms with Crippen LogP contribution in [0.3, 0.4) is 0 Å². The van der Waals surface area contributed by atoms with Crippen molar-refractivity contribution < 1.29 is 4.74 Å². The standard InChI is InChI=1S/C9H13ClN2OS/c10-6-9-12-11-8(14-9)4-3-7-2-1-5-13-7/h7H,1-6H2. The lowest BCUT2D eigenvalue weighted by atomic mass is 10.1. The van der Waals surface area contributed by atoms with Gasteiger partial charge in [0.25, 0.3) is 0 Å². The molecule has 0 saturated carbocycles. The first kappa shape index (κ1) is 10.3. The van der Waals surface area contributed by atoms with Gasteiger partial charge in [0, 0.05) is 13.0 Å². The smallest absolute Gasteiger partial charge is 0.132 e. The van der Waals surface area contributed by atoms with Crippen LogP contribution in [0.15, 0.2) is 0 Å². The molecule has 1 fully saturated rings. The Balaban J connectivity index is 1.79. The predicted molar refractivity (Wildman–Crippen MR) is 56.8 cm³/mol. The van der Waals surface area contributed by atoms with Crippen molar-refractivity contribution >= 4 is 22.9 Å². The summed E-state index contributed by atoms with van der Waals surface area (Å²) < 4.78 is 5.54. The summed E-state index contributed by atoms with van der Waals surface area (Å²) in [4.78, 5) is 0. The van der Waals surface area contributed by atoms with Crippen molar-refractivity contribution in [2.24, 2.45) is 0 Å². The van der Waals surface area contributed by atoms with Crippen molar-refractivity contribution in [1.29, 1.82) is 0 Å². The van der Waals surface area contributed by atoms with E-state index in [2.05, 4.69) is 10.2 Å². The van der Waals surface area contributed by atoms with Crippen molar-refractivity contribution in [3.8, 4) is 0 Å². The fraction of sp³-hybridized carbons (Fsp3) is 0.778. The van der Waals surface area contributed by atoms with E-state index in [0.29, 0.717) is 12.0 Å². The Kier molecular flexibility index (Phi) is 3.73. The lowest BCUT2D eigenvalue weighted by Crippen LogP contribution is -2.05. The molecule has 0 N–H and O–H groups in total. The highest BCUT2D eigenvalue weighted by atomic mass is 35.5. The first-order valence-corrected chi connectivity index (χ1v) is 6.22. The molecule has 1 saturated heterocycles. The third-order valence-corrected chi connectivity index (χ3v) is 3.72. The number of hydrogen-bond acceptors (Lipinski definition) is 4. The van der Waals surface area contributed by atoms with Gasteiger partial charge in [-0.3, -0.25) is 0 Å². The molecule has 1 aliphatic rings. The Bertz CT molecular complexity index is 286. The lowest BCUT2D eigenvalue weighted by molar-refractivity contribution is 0.104. The Labute approximate surface area is 92.4 Å². The minimum absolute atomic E-state index is 0.443. The van der Waals surface area contributed by atoms with E-state index < -0.39 is 0 Å². The fourth-order valence-corrected chi connectivity index (χ4v) is 2.53. The van der Waals surface area contributed by atoms with Gasteiger partial charge in [0.15, 0.2) is 0 Å². The molecule has 3 nitrogen and oxygen atoms in total. The van der Waals surface area contributed by atoms with Gasteiger partial charge >= 0.3 is 0 Å². The van der Waals surface area contributed by atoms with Crippen molar-refractivity contribution in [1.82, 2.24) is 10.2 Å². The highest BCUT2D eigenvalue weighted by molar-refractivity contribution is 7.11. The summed E-state index contributed by atoms with van der Waals surface area (Å²) in [5.74, 6) is 0.470. The fourth-order valence-electron chi connectivity index (χ4n) is 1.60. The molecule has 14 heavy (non-hydrogen) atoms. The van der Waals surface area contributed by atoms with Gasteiger partial charge in [0.05, 0.1) is 12.0 Å². The monoisotopic (exact) mass is 232 g/mol. The van der Waals surface area contributed by atoms with Gasteiger partial charge in [-0.1, -0.05) is 0 Å². The van der Waals surface area contributed by atoms with Crippen LogP contribution < -0.4 is 0 Å². The largest absolute Gasteiger partial charge is 0.378 e. The Hall–Kier alpha value is -0.190. The number of rotatable bonds is 4. The molecule has 0 aromatic carbocycles. The summed E-state index contributed by atoms with van der Waals surface area (Å²) >= 11 is 7.26. The van der Waals surface area contributed by atoms with Crippen molar-refractivity contribution in [3.63, 3.8) is 0 Å². The molecular weight excluding hydrogens is 220 g/mol. The zero-order valence-corrected chi connectivity index (χ0v) is 9.48. The normalized spacial score (nSPS) is 21.6. The number of aryl methyl sites for hydroxylation is 1. The molecule has 2 rings (SSSR count). The first-order chi connectivity index (χ1) is 6.88. The highest BCUT2D eigenvalue weighted by Gasteiger charge is 2.16. The van der Waals surface area contributed by atoms with Crippen LogP contribution in [0.5, 0.6) is 0 Å². The molecule has 78 valence electrons. The van der Waals surface area contributed by atoms with Gasteiger partial charge in [-0.25, -0.2) is 0 Å². The number of alkyl halides is 1. The molecule has 0 spiro atoms. The van der Waals surface area contributed by atoms with E-state index in [1.54, 1.807) is 11.3 Å². The van der Waals surface area contributed by atoms with E-state index >= 15 is 0 Å². The zero-order valence-electron chi connectivity index (χ0n) is 7.91. The average Bonchev–Trinajstić information content (AvgIpc) is 2.86. The van der Waals surface area contributed by atoms with E-state index in [9.17, 15) is 0 Å². The topological polar surface area (TPSA) is 35.0 Å². The number of hydrogen-bond donors (Lipinski definition) is 0. The maximum absolute atomic E-state index is 5.65. The van der Waals surface area contributed by atoms with E-state index in [0.717, 1.165) is 29.5 Å². The van der Waals surface area contributed by atoms with E-state index in [4.69, 9.17) is 16.3 Å². The third-order valence-electron chi connectivity index (χ3n) is 2.33. The molecule has 0 radical (unpaired) electrons. The summed E-state index contributed by atoms with van der Waals surface area (Å²) in [5, 5.41) is 10.0. The molecule has 2 heterocycles. The molecule has 1 aliphatic heterocycles. The minimum Gasteiger partial charge on any atom is -0.378 e. The summed E-state index contributed by atoms with van der Waals surface area (Å²) in [6.07, 6.45) is 4.88. The van der Waals surface area contributed by atoms with Crippen LogP contribution in [0.4, 0.5) is 0 Å². The van der Waals surface area contributed by atoms with Crippen LogP contribution in [-0.4, -0.2) is 22.9 Å². The quantitative estimate of drug-likeness (QED) is 0.748. The summed E-state index contributed by atoms with van der Waals surface area (Å²) in [5.41, 5.74) is 0. The Morgan fingerprint density at radius 1 is 1.43 bits per heavy atom. The Morgan fingerprint density at radius 2 is 2.29 bits per heavy atom. The number of ether oxygens (including phenoxy) is 1. The van der Waals surface area contributed by atoms with Gasteiger partial charge < -0.3 is 4.74 Å². The Morgan fingerprint density at radius 3 is 2.93 bits per heavy atom. The molecule has 1 aromatic heterocycles. The van der Waals surface area contributed by atoms with Gasteiger partial charge in [0.1, 0.15) is 10.0 Å². The summed E-state index contributed by atoms with van der Waals surface area (Å²) in [6.45, 7) is 0.924. The molecule has 1 aromatic rings. The van der Waals surface area contributed by atoms with Crippen LogP contribution in [0.1, 0.15) is 29.3 Å². The molecule has 0 aliphatic carbocycles. The average molecular weight is 233 g/mol. The second-order valence-corrected chi connectivity index (χ2v) is 4.81. The number of nitrogens with zero attached hydrogens (tertiary/aromatic N) is 2. The number of halogens is 1. The lowest BCUT2D eigenvalue weighted by Gasteiger charge is -2.05. The van der Waals surface area contributed by atoms with Crippen LogP contribution in [0, 0.1) is 0 Å². The molecule has 0 amide bonds. The molecule has 0 bridgehead atoms. The van der Waals surface area contributed by atoms with Gasteiger partial charge in [0.2, 0.25) is 0 Å². The van der Waals surface area contributed by atoms with E-state index in [1.165, 1.54) is 12.8 Å². The molecule has 5 heteroatoms. The molecule has 1 unspecified atom stereocenters. The van der Waals surface area contributed by atoms with Crippen LogP contribution >= 0.6 is 22.9 Å². The van der Waals surface area contributed by atoms with E-state index in [1.807, 2.05) is 0 Å². The second-order valence-electron chi connectivity index (χ2n) is 3.40. The highest BCUT2D eigenvalue weighted by Crippen LogP contribution is 2.19. The second kappa shape index (κ2) is 5.05. The third kappa shape index (κ3) is 2.65. The van der Waals surface area contributed by atoms with Gasteiger partial charge in [-0.15, -0.1) is 33.1 Å². The van der Waals surface area contributed by atoms with Gasteiger partial charge in [-0.2, -0.15) is 0 Å². The maximum Gasteiger partial charge on any atom is 0.132 e. The van der Waals surface area contributed by atoms with Crippen LogP contribution in [-0.2, 0) is 17.0 Å². The van der Waals surface area contributed by atoms with Crippen molar-refractivity contribution in [2.45, 2.75) is 37.7 Å². The van der Waals surface area contributed by atoms with Crippen LogP contribution in [0.25, 0.3) is 0 Å². The minimum atomic E-state index is 0.443. The summed E-state index contributed by atoms with van der Waals surface area (Å²) in [6, 6.07) is 0. The van der Waals surface area contributed by atoms with Crippen molar-refractivity contribution in [3.05, 3.63) is 10.0 Å². The molecular formula is C9H13ClN2OS. The van der Waals surface area contributed by atoms with E-state index in [-0.39, 0.29) is 0 Å². The number of aromatic nitrogens is 2. The van der Waals surface area contributed by atoms with Crippen LogP contribution in [0.2, 0.25) is 0 Å². The zero-order chi connectivity index (χ0) is 9.80. The predicted octanol–water partition coefficient (Wildman–Crippen LogP) is 2.39.